The Morgan fingerprint density at radius 3 is 2.44 bits per heavy atom. The monoisotopic (exact) mass is 367 g/mol. The van der Waals surface area contributed by atoms with Gasteiger partial charge in [-0.2, -0.15) is 0 Å². The Bertz CT molecular complexity index is 695. The van der Waals surface area contributed by atoms with Crippen molar-refractivity contribution in [1.82, 2.24) is 15.2 Å². The molecule has 2 aromatic rings. The van der Waals surface area contributed by atoms with Crippen LogP contribution in [0.15, 0.2) is 48.8 Å². The molecule has 0 atom stereocenters. The van der Waals surface area contributed by atoms with Gasteiger partial charge in [-0.05, 0) is 54.9 Å². The van der Waals surface area contributed by atoms with Gasteiger partial charge in [0.2, 0.25) is 0 Å². The summed E-state index contributed by atoms with van der Waals surface area (Å²) in [5.41, 5.74) is 2.52. The number of rotatable bonds is 7. The van der Waals surface area contributed by atoms with Gasteiger partial charge in [-0.1, -0.05) is 31.2 Å². The van der Waals surface area contributed by atoms with Gasteiger partial charge in [-0.3, -0.25) is 4.98 Å². The van der Waals surface area contributed by atoms with E-state index in [2.05, 4.69) is 41.5 Å². The Hall–Kier alpha value is -2.56. The standard InChI is InChI=1S/C22H29N3O2/c1-2-11-24-22(26)25-14-9-19(10-15-25)16-18-3-5-20(6-4-18)17-27-21-7-12-23-13-8-21/h3-8,12-13,19H,2,9-11,14-17H2,1H3,(H,24,26). The van der Waals surface area contributed by atoms with Gasteiger partial charge in [0.15, 0.2) is 0 Å². The number of likely N-dealkylation sites (tertiary alicyclic amines) is 1. The number of carbonyl (C=O) groups is 1. The van der Waals surface area contributed by atoms with Crippen LogP contribution in [0, 0.1) is 5.92 Å². The van der Waals surface area contributed by atoms with E-state index in [1.54, 1.807) is 12.4 Å². The molecule has 27 heavy (non-hydrogen) atoms. The highest BCUT2D eigenvalue weighted by atomic mass is 16.5. The summed E-state index contributed by atoms with van der Waals surface area (Å²) < 4.78 is 5.76. The van der Waals surface area contributed by atoms with Gasteiger partial charge in [0.25, 0.3) is 0 Å². The lowest BCUT2D eigenvalue weighted by atomic mass is 9.90. The molecule has 1 N–H and O–H groups in total. The molecule has 144 valence electrons. The van der Waals surface area contributed by atoms with Crippen molar-refractivity contribution in [3.05, 3.63) is 59.9 Å². The highest BCUT2D eigenvalue weighted by Crippen LogP contribution is 2.22. The Morgan fingerprint density at radius 1 is 1.11 bits per heavy atom. The molecule has 5 nitrogen and oxygen atoms in total. The number of hydrogen-bond donors (Lipinski definition) is 1. The minimum atomic E-state index is 0.0915. The van der Waals surface area contributed by atoms with Crippen molar-refractivity contribution in [2.45, 2.75) is 39.2 Å². The lowest BCUT2D eigenvalue weighted by Gasteiger charge is -2.32. The molecular weight excluding hydrogens is 338 g/mol. The molecule has 0 bridgehead atoms. The molecule has 3 rings (SSSR count). The number of nitrogens with zero attached hydrogens (tertiary/aromatic N) is 2. The molecule has 1 aromatic heterocycles. The van der Waals surface area contributed by atoms with E-state index in [9.17, 15) is 4.79 Å². The Morgan fingerprint density at radius 2 is 1.78 bits per heavy atom. The predicted octanol–water partition coefficient (Wildman–Crippen LogP) is 4.03. The molecule has 5 heteroatoms. The normalized spacial score (nSPS) is 14.8. The fourth-order valence-corrected chi connectivity index (χ4v) is 3.39. The molecule has 0 aliphatic carbocycles. The van der Waals surface area contributed by atoms with Crippen LogP contribution in [0.25, 0.3) is 0 Å². The number of pyridine rings is 1. The Kier molecular flexibility index (Phi) is 7.08. The molecular formula is C22H29N3O2. The van der Waals surface area contributed by atoms with Crippen LogP contribution in [0.5, 0.6) is 5.75 Å². The second-order valence-electron chi connectivity index (χ2n) is 7.15. The van der Waals surface area contributed by atoms with Crippen molar-refractivity contribution in [3.8, 4) is 5.75 Å². The number of hydrogen-bond acceptors (Lipinski definition) is 3. The van der Waals surface area contributed by atoms with Crippen LogP contribution in [-0.2, 0) is 13.0 Å². The summed E-state index contributed by atoms with van der Waals surface area (Å²) in [6, 6.07) is 12.5. The van der Waals surface area contributed by atoms with Gasteiger partial charge >= 0.3 is 6.03 Å². The quantitative estimate of drug-likeness (QED) is 0.804. The summed E-state index contributed by atoms with van der Waals surface area (Å²) in [4.78, 5) is 18.0. The van der Waals surface area contributed by atoms with Gasteiger partial charge < -0.3 is 15.0 Å². The number of aromatic nitrogens is 1. The fourth-order valence-electron chi connectivity index (χ4n) is 3.39. The molecule has 1 saturated heterocycles. The SMILES string of the molecule is CCCNC(=O)N1CCC(Cc2ccc(COc3ccncc3)cc2)CC1. The first-order chi connectivity index (χ1) is 13.2. The zero-order chi connectivity index (χ0) is 18.9. The highest BCUT2D eigenvalue weighted by molar-refractivity contribution is 5.74. The summed E-state index contributed by atoms with van der Waals surface area (Å²) in [5.74, 6) is 1.49. The molecule has 1 aromatic carbocycles. The average molecular weight is 367 g/mol. The number of ether oxygens (including phenoxy) is 1. The molecule has 0 unspecified atom stereocenters. The van der Waals surface area contributed by atoms with Crippen LogP contribution in [0.2, 0.25) is 0 Å². The number of urea groups is 1. The molecule has 1 aliphatic heterocycles. The molecule has 0 spiro atoms. The molecule has 2 heterocycles. The van der Waals surface area contributed by atoms with Crippen LogP contribution in [0.4, 0.5) is 4.79 Å². The van der Waals surface area contributed by atoms with E-state index in [1.165, 1.54) is 5.56 Å². The van der Waals surface area contributed by atoms with E-state index >= 15 is 0 Å². The third-order valence-corrected chi connectivity index (χ3v) is 5.03. The second kappa shape index (κ2) is 9.95. The lowest BCUT2D eigenvalue weighted by Crippen LogP contribution is -2.44. The molecule has 1 aliphatic rings. The van der Waals surface area contributed by atoms with Gasteiger partial charge in [-0.25, -0.2) is 4.79 Å². The number of nitrogens with one attached hydrogen (secondary N) is 1. The average Bonchev–Trinajstić information content (AvgIpc) is 2.73. The van der Waals surface area contributed by atoms with E-state index < -0.39 is 0 Å². The smallest absolute Gasteiger partial charge is 0.317 e. The van der Waals surface area contributed by atoms with Crippen LogP contribution in [0.1, 0.15) is 37.3 Å². The molecule has 2 amide bonds. The third-order valence-electron chi connectivity index (χ3n) is 5.03. The number of benzene rings is 1. The maximum atomic E-state index is 12.0. The first kappa shape index (κ1) is 19.2. The summed E-state index contributed by atoms with van der Waals surface area (Å²) in [7, 11) is 0. The zero-order valence-corrected chi connectivity index (χ0v) is 16.1. The molecule has 1 fully saturated rings. The highest BCUT2D eigenvalue weighted by Gasteiger charge is 2.22. The largest absolute Gasteiger partial charge is 0.489 e. The number of piperidine rings is 1. The Balaban J connectivity index is 1.42. The van der Waals surface area contributed by atoms with E-state index in [0.29, 0.717) is 12.5 Å². The van der Waals surface area contributed by atoms with Crippen molar-refractivity contribution >= 4 is 6.03 Å². The van der Waals surface area contributed by atoms with Crippen LogP contribution >= 0.6 is 0 Å². The van der Waals surface area contributed by atoms with Crippen molar-refractivity contribution in [3.63, 3.8) is 0 Å². The third kappa shape index (κ3) is 5.98. The fraction of sp³-hybridized carbons (Fsp3) is 0.455. The topological polar surface area (TPSA) is 54.5 Å². The maximum Gasteiger partial charge on any atom is 0.317 e. The molecule has 0 saturated carbocycles. The predicted molar refractivity (Wildman–Crippen MR) is 107 cm³/mol. The number of carbonyl (C=O) groups excluding carboxylic acids is 1. The van der Waals surface area contributed by atoms with Gasteiger partial charge in [0, 0.05) is 32.0 Å². The summed E-state index contributed by atoms with van der Waals surface area (Å²) in [5, 5.41) is 2.97. The van der Waals surface area contributed by atoms with Crippen molar-refractivity contribution < 1.29 is 9.53 Å². The second-order valence-corrected chi connectivity index (χ2v) is 7.15. The summed E-state index contributed by atoms with van der Waals surface area (Å²) in [6.07, 6.45) is 7.68. The van der Waals surface area contributed by atoms with E-state index in [4.69, 9.17) is 4.74 Å². The summed E-state index contributed by atoms with van der Waals surface area (Å²) in [6.45, 7) is 5.12. The lowest BCUT2D eigenvalue weighted by molar-refractivity contribution is 0.170. The van der Waals surface area contributed by atoms with Crippen molar-refractivity contribution in [2.24, 2.45) is 5.92 Å². The van der Waals surface area contributed by atoms with Crippen LogP contribution < -0.4 is 10.1 Å². The molecule has 0 radical (unpaired) electrons. The van der Waals surface area contributed by atoms with Crippen LogP contribution in [-0.4, -0.2) is 35.5 Å². The summed E-state index contributed by atoms with van der Waals surface area (Å²) >= 11 is 0. The first-order valence-corrected chi connectivity index (χ1v) is 9.88. The minimum Gasteiger partial charge on any atom is -0.489 e. The van der Waals surface area contributed by atoms with Crippen molar-refractivity contribution in [1.29, 1.82) is 0 Å². The Labute approximate surface area is 161 Å². The maximum absolute atomic E-state index is 12.0. The van der Waals surface area contributed by atoms with Gasteiger partial charge in [-0.15, -0.1) is 0 Å². The zero-order valence-electron chi connectivity index (χ0n) is 16.1. The van der Waals surface area contributed by atoms with E-state index in [1.807, 2.05) is 17.0 Å². The van der Waals surface area contributed by atoms with Crippen molar-refractivity contribution in [2.75, 3.05) is 19.6 Å². The van der Waals surface area contributed by atoms with E-state index in [-0.39, 0.29) is 6.03 Å². The van der Waals surface area contributed by atoms with Gasteiger partial charge in [0.05, 0.1) is 0 Å². The first-order valence-electron chi connectivity index (χ1n) is 9.88. The van der Waals surface area contributed by atoms with Crippen LogP contribution in [0.3, 0.4) is 0 Å². The van der Waals surface area contributed by atoms with E-state index in [0.717, 1.165) is 56.6 Å². The van der Waals surface area contributed by atoms with Gasteiger partial charge in [0.1, 0.15) is 12.4 Å². The number of amides is 2. The minimum absolute atomic E-state index is 0.0915.